The van der Waals surface area contributed by atoms with Crippen molar-refractivity contribution in [1.29, 1.82) is 0 Å². The van der Waals surface area contributed by atoms with Crippen molar-refractivity contribution in [2.45, 2.75) is 46.0 Å². The van der Waals surface area contributed by atoms with Gasteiger partial charge in [-0.05, 0) is 13.3 Å². The van der Waals surface area contributed by atoms with Gasteiger partial charge in [-0.25, -0.2) is 4.79 Å². The summed E-state index contributed by atoms with van der Waals surface area (Å²) in [6.07, 6.45) is 7.37. The highest BCUT2D eigenvalue weighted by Crippen LogP contribution is 2.01. The van der Waals surface area contributed by atoms with E-state index in [1.165, 1.54) is 31.8 Å². The third-order valence-corrected chi connectivity index (χ3v) is 2.02. The molecule has 82 valence electrons. The molecule has 0 aliphatic rings. The predicted octanol–water partition coefficient (Wildman–Crippen LogP) is 2.53. The molecule has 0 bridgehead atoms. The van der Waals surface area contributed by atoms with Gasteiger partial charge in [0.2, 0.25) is 0 Å². The third kappa shape index (κ3) is 9.10. The largest absolute Gasteiger partial charge is 0.478 e. The van der Waals surface area contributed by atoms with E-state index in [1.807, 2.05) is 0 Å². The number of unbranched alkanes of at least 4 members (excludes halogenated alkanes) is 4. The van der Waals surface area contributed by atoms with Gasteiger partial charge in [-0.3, -0.25) is 0 Å². The zero-order valence-corrected chi connectivity index (χ0v) is 9.18. The summed E-state index contributed by atoms with van der Waals surface area (Å²) >= 11 is 0. The zero-order chi connectivity index (χ0) is 10.8. The summed E-state index contributed by atoms with van der Waals surface area (Å²) in [5.41, 5.74) is 0.730. The van der Waals surface area contributed by atoms with E-state index in [1.54, 1.807) is 6.92 Å². The first-order chi connectivity index (χ1) is 6.66. The van der Waals surface area contributed by atoms with Crippen LogP contribution in [0.2, 0.25) is 0 Å². The monoisotopic (exact) mass is 199 g/mol. The van der Waals surface area contributed by atoms with Crippen LogP contribution in [0.5, 0.6) is 0 Å². The quantitative estimate of drug-likeness (QED) is 0.466. The Morgan fingerprint density at radius 3 is 2.50 bits per heavy atom. The lowest BCUT2D eigenvalue weighted by Crippen LogP contribution is -2.13. The van der Waals surface area contributed by atoms with Gasteiger partial charge in [-0.1, -0.05) is 32.6 Å². The van der Waals surface area contributed by atoms with Crippen LogP contribution in [0.25, 0.3) is 0 Å². The second kappa shape index (κ2) is 8.60. The van der Waals surface area contributed by atoms with Crippen molar-refractivity contribution in [3.05, 3.63) is 11.8 Å². The summed E-state index contributed by atoms with van der Waals surface area (Å²) in [5, 5.41) is 11.5. The Bertz CT molecular complexity index is 188. The molecule has 0 spiro atoms. The highest BCUT2D eigenvalue weighted by Gasteiger charge is 1.93. The molecule has 3 heteroatoms. The highest BCUT2D eigenvalue weighted by molar-refractivity contribution is 5.80. The van der Waals surface area contributed by atoms with Gasteiger partial charge >= 0.3 is 5.97 Å². The number of carboxylic acid groups (broad SMARTS) is 1. The third-order valence-electron chi connectivity index (χ3n) is 2.02. The van der Waals surface area contributed by atoms with E-state index in [0.29, 0.717) is 0 Å². The normalized spacial score (nSPS) is 11.4. The number of carbonyl (C=O) groups is 1. The summed E-state index contributed by atoms with van der Waals surface area (Å²) in [6, 6.07) is 0. The molecule has 2 N–H and O–H groups in total. The average Bonchev–Trinajstić information content (AvgIpc) is 2.10. The molecule has 0 rings (SSSR count). The van der Waals surface area contributed by atoms with Crippen molar-refractivity contribution in [3.8, 4) is 0 Å². The van der Waals surface area contributed by atoms with Crippen molar-refractivity contribution in [2.75, 3.05) is 6.54 Å². The number of aliphatic carboxylic acids is 1. The molecule has 0 atom stereocenters. The highest BCUT2D eigenvalue weighted by atomic mass is 16.4. The Morgan fingerprint density at radius 1 is 1.29 bits per heavy atom. The molecule has 3 nitrogen and oxygen atoms in total. The van der Waals surface area contributed by atoms with Crippen LogP contribution in [-0.2, 0) is 4.79 Å². The standard InChI is InChI=1S/C11H21NO2/c1-3-4-5-6-7-8-12-10(2)9-11(13)14/h9,12H,3-8H2,1-2H3,(H,13,14). The number of hydrogen-bond donors (Lipinski definition) is 2. The van der Waals surface area contributed by atoms with Crippen LogP contribution in [-0.4, -0.2) is 17.6 Å². The molecular formula is C11H21NO2. The maximum Gasteiger partial charge on any atom is 0.330 e. The first-order valence-electron chi connectivity index (χ1n) is 5.32. The van der Waals surface area contributed by atoms with Gasteiger partial charge in [-0.2, -0.15) is 0 Å². The van der Waals surface area contributed by atoms with Crippen molar-refractivity contribution in [1.82, 2.24) is 5.32 Å². The fourth-order valence-electron chi connectivity index (χ4n) is 1.25. The van der Waals surface area contributed by atoms with E-state index in [-0.39, 0.29) is 0 Å². The molecule has 0 amide bonds. The summed E-state index contributed by atoms with van der Waals surface area (Å²) in [4.78, 5) is 10.3. The van der Waals surface area contributed by atoms with Crippen LogP contribution >= 0.6 is 0 Å². The fourth-order valence-corrected chi connectivity index (χ4v) is 1.25. The minimum absolute atomic E-state index is 0.730. The van der Waals surface area contributed by atoms with Crippen LogP contribution in [0.3, 0.4) is 0 Å². The van der Waals surface area contributed by atoms with Crippen molar-refractivity contribution >= 4 is 5.97 Å². The van der Waals surface area contributed by atoms with Gasteiger partial charge in [-0.15, -0.1) is 0 Å². The van der Waals surface area contributed by atoms with E-state index in [0.717, 1.165) is 18.7 Å². The lowest BCUT2D eigenvalue weighted by Gasteiger charge is -2.05. The molecule has 0 aromatic heterocycles. The van der Waals surface area contributed by atoms with Gasteiger partial charge < -0.3 is 10.4 Å². The van der Waals surface area contributed by atoms with Crippen LogP contribution in [0.1, 0.15) is 46.0 Å². The molecule has 0 aliphatic heterocycles. The maximum absolute atomic E-state index is 10.3. The summed E-state index contributed by atoms with van der Waals surface area (Å²) in [7, 11) is 0. The number of allylic oxidation sites excluding steroid dienone is 1. The first-order valence-corrected chi connectivity index (χ1v) is 5.32. The molecule has 0 saturated heterocycles. The van der Waals surface area contributed by atoms with Crippen molar-refractivity contribution < 1.29 is 9.90 Å². The molecule has 0 radical (unpaired) electrons. The lowest BCUT2D eigenvalue weighted by atomic mass is 10.1. The molecule has 14 heavy (non-hydrogen) atoms. The van der Waals surface area contributed by atoms with Crippen LogP contribution in [0.4, 0.5) is 0 Å². The van der Waals surface area contributed by atoms with Crippen LogP contribution < -0.4 is 5.32 Å². The van der Waals surface area contributed by atoms with Crippen molar-refractivity contribution in [3.63, 3.8) is 0 Å². The second-order valence-corrected chi connectivity index (χ2v) is 3.51. The zero-order valence-electron chi connectivity index (χ0n) is 9.18. The van der Waals surface area contributed by atoms with E-state index in [2.05, 4.69) is 12.2 Å². The molecule has 0 unspecified atom stereocenters. The SMILES string of the molecule is CCCCCCCNC(C)=CC(=O)O. The Kier molecular flexibility index (Phi) is 7.99. The summed E-state index contributed by atoms with van der Waals surface area (Å²) in [5.74, 6) is -0.888. The number of hydrogen-bond acceptors (Lipinski definition) is 2. The molecule has 0 saturated carbocycles. The fraction of sp³-hybridized carbons (Fsp3) is 0.727. The van der Waals surface area contributed by atoms with Gasteiger partial charge in [0.1, 0.15) is 0 Å². The van der Waals surface area contributed by atoms with Gasteiger partial charge in [0.15, 0.2) is 0 Å². The minimum atomic E-state index is -0.888. The predicted molar refractivity (Wildman–Crippen MR) is 58.2 cm³/mol. The Hall–Kier alpha value is -0.990. The maximum atomic E-state index is 10.3. The van der Waals surface area contributed by atoms with Gasteiger partial charge in [0, 0.05) is 18.3 Å². The van der Waals surface area contributed by atoms with E-state index in [9.17, 15) is 4.79 Å². The summed E-state index contributed by atoms with van der Waals surface area (Å²) < 4.78 is 0. The molecular weight excluding hydrogens is 178 g/mol. The second-order valence-electron chi connectivity index (χ2n) is 3.51. The molecule has 0 fully saturated rings. The van der Waals surface area contributed by atoms with Gasteiger partial charge in [0.05, 0.1) is 0 Å². The van der Waals surface area contributed by atoms with E-state index >= 15 is 0 Å². The number of carboxylic acids is 1. The Balaban J connectivity index is 3.31. The molecule has 0 aromatic rings. The lowest BCUT2D eigenvalue weighted by molar-refractivity contribution is -0.131. The number of rotatable bonds is 8. The molecule has 0 aromatic carbocycles. The Morgan fingerprint density at radius 2 is 1.93 bits per heavy atom. The van der Waals surface area contributed by atoms with Crippen LogP contribution in [0.15, 0.2) is 11.8 Å². The van der Waals surface area contributed by atoms with E-state index < -0.39 is 5.97 Å². The summed E-state index contributed by atoms with van der Waals surface area (Å²) in [6.45, 7) is 4.84. The van der Waals surface area contributed by atoms with Gasteiger partial charge in [0.25, 0.3) is 0 Å². The minimum Gasteiger partial charge on any atom is -0.478 e. The van der Waals surface area contributed by atoms with E-state index in [4.69, 9.17) is 5.11 Å². The Labute approximate surface area is 86.2 Å². The molecule has 0 aliphatic carbocycles. The van der Waals surface area contributed by atoms with Crippen LogP contribution in [0, 0.1) is 0 Å². The first kappa shape index (κ1) is 13.0. The topological polar surface area (TPSA) is 49.3 Å². The number of nitrogens with one attached hydrogen (secondary N) is 1. The smallest absolute Gasteiger partial charge is 0.330 e. The average molecular weight is 199 g/mol. The molecule has 0 heterocycles. The van der Waals surface area contributed by atoms with Crippen molar-refractivity contribution in [2.24, 2.45) is 0 Å².